The maximum atomic E-state index is 10.3. The molecule has 3 N–H and O–H groups in total. The lowest BCUT2D eigenvalue weighted by molar-refractivity contribution is 0.0533. The van der Waals surface area contributed by atoms with Crippen molar-refractivity contribution in [2.75, 3.05) is 51.8 Å². The Morgan fingerprint density at radius 2 is 1.76 bits per heavy atom. The minimum Gasteiger partial charge on any atom is -0.399 e. The number of hydrogen-bond donors (Lipinski definition) is 2. The molecule has 0 aliphatic rings. The lowest BCUT2D eigenvalue weighted by Gasteiger charge is -2.25. The Kier molecular flexibility index (Phi) is 9.01. The van der Waals surface area contributed by atoms with Crippen molar-refractivity contribution in [1.82, 2.24) is 4.90 Å². The van der Waals surface area contributed by atoms with Gasteiger partial charge in [0.15, 0.2) is 0 Å². The van der Waals surface area contributed by atoms with Crippen molar-refractivity contribution >= 4 is 5.69 Å². The fourth-order valence-corrected chi connectivity index (χ4v) is 2.09. The van der Waals surface area contributed by atoms with Crippen LogP contribution in [0, 0.1) is 0 Å². The van der Waals surface area contributed by atoms with Gasteiger partial charge in [-0.3, -0.25) is 4.90 Å². The van der Waals surface area contributed by atoms with E-state index in [4.69, 9.17) is 15.2 Å². The van der Waals surface area contributed by atoms with Crippen molar-refractivity contribution in [1.29, 1.82) is 0 Å². The molecule has 1 aromatic carbocycles. The van der Waals surface area contributed by atoms with Gasteiger partial charge >= 0.3 is 0 Å². The number of aliphatic hydroxyl groups is 1. The number of hydrogen-bond acceptors (Lipinski definition) is 5. The Morgan fingerprint density at radius 1 is 1.14 bits per heavy atom. The van der Waals surface area contributed by atoms with Gasteiger partial charge in [-0.2, -0.15) is 0 Å². The van der Waals surface area contributed by atoms with Gasteiger partial charge in [-0.05, 0) is 31.5 Å². The van der Waals surface area contributed by atoms with Crippen molar-refractivity contribution in [3.05, 3.63) is 29.8 Å². The fraction of sp³-hybridized carbons (Fsp3) is 0.625. The summed E-state index contributed by atoms with van der Waals surface area (Å²) < 4.78 is 10.8. The predicted molar refractivity (Wildman–Crippen MR) is 85.2 cm³/mol. The van der Waals surface area contributed by atoms with Gasteiger partial charge in [-0.15, -0.1) is 0 Å². The number of benzene rings is 1. The lowest BCUT2D eigenvalue weighted by Crippen LogP contribution is -2.34. The van der Waals surface area contributed by atoms with E-state index in [1.807, 2.05) is 38.1 Å². The Bertz CT molecular complexity index is 378. The van der Waals surface area contributed by atoms with E-state index in [9.17, 15) is 5.11 Å². The molecule has 0 saturated heterocycles. The van der Waals surface area contributed by atoms with Crippen LogP contribution < -0.4 is 5.73 Å². The Labute approximate surface area is 127 Å². The van der Waals surface area contributed by atoms with E-state index in [-0.39, 0.29) is 0 Å². The maximum Gasteiger partial charge on any atom is 0.0917 e. The van der Waals surface area contributed by atoms with Gasteiger partial charge < -0.3 is 20.3 Å². The predicted octanol–water partition coefficient (Wildman–Crippen LogP) is 1.68. The minimum atomic E-state index is -0.559. The molecule has 1 aromatic rings. The van der Waals surface area contributed by atoms with Crippen LogP contribution in [0.1, 0.15) is 25.5 Å². The molecule has 0 bridgehead atoms. The SMILES string of the molecule is CCOCCN(CCOCC)CC(O)c1cccc(N)c1. The summed E-state index contributed by atoms with van der Waals surface area (Å²) in [4.78, 5) is 2.15. The molecule has 0 aliphatic heterocycles. The zero-order chi connectivity index (χ0) is 15.5. The van der Waals surface area contributed by atoms with Crippen LogP contribution in [-0.2, 0) is 9.47 Å². The summed E-state index contributed by atoms with van der Waals surface area (Å²) in [7, 11) is 0. The Hall–Kier alpha value is -1.14. The summed E-state index contributed by atoms with van der Waals surface area (Å²) in [5, 5.41) is 10.3. The van der Waals surface area contributed by atoms with E-state index in [1.54, 1.807) is 0 Å². The standard InChI is InChI=1S/C16H28N2O3/c1-3-20-10-8-18(9-11-21-4-2)13-16(19)14-6-5-7-15(17)12-14/h5-7,12,16,19H,3-4,8-11,13,17H2,1-2H3. The third-order valence-corrected chi connectivity index (χ3v) is 3.24. The van der Waals surface area contributed by atoms with Crippen molar-refractivity contribution in [3.8, 4) is 0 Å². The van der Waals surface area contributed by atoms with Gasteiger partial charge in [-0.25, -0.2) is 0 Å². The van der Waals surface area contributed by atoms with E-state index >= 15 is 0 Å². The first kappa shape index (κ1) is 17.9. The molecule has 120 valence electrons. The highest BCUT2D eigenvalue weighted by Crippen LogP contribution is 2.16. The van der Waals surface area contributed by atoms with Gasteiger partial charge in [0.1, 0.15) is 0 Å². The van der Waals surface area contributed by atoms with Crippen LogP contribution in [0.2, 0.25) is 0 Å². The number of anilines is 1. The molecule has 5 nitrogen and oxygen atoms in total. The van der Waals surface area contributed by atoms with E-state index in [2.05, 4.69) is 4.90 Å². The molecule has 1 unspecified atom stereocenters. The second-order valence-electron chi connectivity index (χ2n) is 4.88. The summed E-state index contributed by atoms with van der Waals surface area (Å²) in [6, 6.07) is 7.38. The molecule has 0 fully saturated rings. The highest BCUT2D eigenvalue weighted by Gasteiger charge is 2.13. The summed E-state index contributed by atoms with van der Waals surface area (Å²) in [6.07, 6.45) is -0.559. The number of aliphatic hydroxyl groups excluding tert-OH is 1. The van der Waals surface area contributed by atoms with Crippen LogP contribution in [-0.4, -0.2) is 56.1 Å². The smallest absolute Gasteiger partial charge is 0.0917 e. The Morgan fingerprint density at radius 3 is 2.29 bits per heavy atom. The number of nitrogens with zero attached hydrogens (tertiary/aromatic N) is 1. The maximum absolute atomic E-state index is 10.3. The minimum absolute atomic E-state index is 0.545. The molecule has 5 heteroatoms. The van der Waals surface area contributed by atoms with Gasteiger partial charge in [0.2, 0.25) is 0 Å². The zero-order valence-corrected chi connectivity index (χ0v) is 13.1. The van der Waals surface area contributed by atoms with Crippen LogP contribution in [0.5, 0.6) is 0 Å². The van der Waals surface area contributed by atoms with Crippen LogP contribution >= 0.6 is 0 Å². The van der Waals surface area contributed by atoms with E-state index in [1.165, 1.54) is 0 Å². The highest BCUT2D eigenvalue weighted by atomic mass is 16.5. The quantitative estimate of drug-likeness (QED) is 0.480. The van der Waals surface area contributed by atoms with Crippen LogP contribution in [0.3, 0.4) is 0 Å². The number of rotatable bonds is 11. The average molecular weight is 296 g/mol. The molecular weight excluding hydrogens is 268 g/mol. The molecule has 21 heavy (non-hydrogen) atoms. The van der Waals surface area contributed by atoms with Crippen molar-refractivity contribution in [3.63, 3.8) is 0 Å². The molecule has 1 atom stereocenters. The molecule has 0 spiro atoms. The largest absolute Gasteiger partial charge is 0.399 e. The molecule has 0 aromatic heterocycles. The van der Waals surface area contributed by atoms with Crippen LogP contribution in [0.25, 0.3) is 0 Å². The van der Waals surface area contributed by atoms with Crippen molar-refractivity contribution in [2.45, 2.75) is 20.0 Å². The molecule has 0 heterocycles. The van der Waals surface area contributed by atoms with Gasteiger partial charge in [-0.1, -0.05) is 12.1 Å². The summed E-state index contributed by atoms with van der Waals surface area (Å²) >= 11 is 0. The first-order valence-corrected chi connectivity index (χ1v) is 7.58. The molecule has 0 radical (unpaired) electrons. The highest BCUT2D eigenvalue weighted by molar-refractivity contribution is 5.41. The number of ether oxygens (including phenoxy) is 2. The molecule has 0 amide bonds. The third-order valence-electron chi connectivity index (χ3n) is 3.24. The molecule has 0 aliphatic carbocycles. The van der Waals surface area contributed by atoms with Gasteiger partial charge in [0, 0.05) is 38.5 Å². The zero-order valence-electron chi connectivity index (χ0n) is 13.1. The number of nitrogen functional groups attached to an aromatic ring is 1. The summed E-state index contributed by atoms with van der Waals surface area (Å²) in [5.74, 6) is 0. The molecule has 1 rings (SSSR count). The molecule has 0 saturated carbocycles. The van der Waals surface area contributed by atoms with Crippen molar-refractivity contribution < 1.29 is 14.6 Å². The third kappa shape index (κ3) is 7.43. The van der Waals surface area contributed by atoms with E-state index in [0.717, 1.165) is 18.7 Å². The normalized spacial score (nSPS) is 12.8. The molecular formula is C16H28N2O3. The summed E-state index contributed by atoms with van der Waals surface area (Å²) in [6.45, 7) is 8.79. The Balaban J connectivity index is 2.52. The lowest BCUT2D eigenvalue weighted by atomic mass is 10.1. The van der Waals surface area contributed by atoms with Gasteiger partial charge in [0.05, 0.1) is 19.3 Å². The average Bonchev–Trinajstić information content (AvgIpc) is 2.47. The van der Waals surface area contributed by atoms with Crippen LogP contribution in [0.4, 0.5) is 5.69 Å². The fourth-order valence-electron chi connectivity index (χ4n) is 2.09. The van der Waals surface area contributed by atoms with E-state index < -0.39 is 6.10 Å². The number of nitrogens with two attached hydrogens (primary N) is 1. The monoisotopic (exact) mass is 296 g/mol. The van der Waals surface area contributed by atoms with Crippen LogP contribution in [0.15, 0.2) is 24.3 Å². The first-order chi connectivity index (χ1) is 10.2. The topological polar surface area (TPSA) is 68.0 Å². The second kappa shape index (κ2) is 10.6. The van der Waals surface area contributed by atoms with Crippen molar-refractivity contribution in [2.24, 2.45) is 0 Å². The summed E-state index contributed by atoms with van der Waals surface area (Å²) in [5.41, 5.74) is 7.27. The second-order valence-corrected chi connectivity index (χ2v) is 4.88. The first-order valence-electron chi connectivity index (χ1n) is 7.58. The van der Waals surface area contributed by atoms with Gasteiger partial charge in [0.25, 0.3) is 0 Å². The van der Waals surface area contributed by atoms with E-state index in [0.29, 0.717) is 38.7 Å².